The molecule has 1 aliphatic heterocycles. The molecule has 0 N–H and O–H groups in total. The van der Waals surface area contributed by atoms with Crippen LogP contribution in [0, 0.1) is 0 Å². The predicted octanol–water partition coefficient (Wildman–Crippen LogP) is 3.70. The first-order chi connectivity index (χ1) is 10.3. The van der Waals surface area contributed by atoms with Crippen molar-refractivity contribution >= 4 is 21.6 Å². The Kier molecular flexibility index (Phi) is 3.28. The van der Waals surface area contributed by atoms with E-state index in [9.17, 15) is 0 Å². The summed E-state index contributed by atoms with van der Waals surface area (Å²) < 4.78 is 3.23. The van der Waals surface area contributed by atoms with Crippen LogP contribution in [0.2, 0.25) is 0 Å². The molecule has 1 aromatic carbocycles. The van der Waals surface area contributed by atoms with E-state index in [0.717, 1.165) is 29.8 Å². The van der Waals surface area contributed by atoms with Gasteiger partial charge < -0.3 is 4.40 Å². The lowest BCUT2D eigenvalue weighted by atomic mass is 9.91. The van der Waals surface area contributed by atoms with Gasteiger partial charge in [-0.1, -0.05) is 34.1 Å². The molecule has 3 aromatic rings. The molecule has 1 fully saturated rings. The van der Waals surface area contributed by atoms with E-state index in [1.165, 1.54) is 11.1 Å². The molecule has 0 saturated carbocycles. The number of hydrogen-bond donors (Lipinski definition) is 0. The quantitative estimate of drug-likeness (QED) is 0.724. The van der Waals surface area contributed by atoms with Gasteiger partial charge in [-0.05, 0) is 23.8 Å². The van der Waals surface area contributed by atoms with Crippen molar-refractivity contribution in [3.8, 4) is 0 Å². The molecule has 1 saturated heterocycles. The monoisotopic (exact) mass is 341 g/mol. The van der Waals surface area contributed by atoms with Gasteiger partial charge in [0.05, 0.1) is 0 Å². The Balaban J connectivity index is 1.44. The lowest BCUT2D eigenvalue weighted by Gasteiger charge is -2.39. The summed E-state index contributed by atoms with van der Waals surface area (Å²) in [5, 5.41) is 0. The van der Waals surface area contributed by atoms with Crippen LogP contribution < -0.4 is 0 Å². The number of pyridine rings is 1. The summed E-state index contributed by atoms with van der Waals surface area (Å²) in [5.41, 5.74) is 3.81. The van der Waals surface area contributed by atoms with Crippen molar-refractivity contribution in [3.05, 3.63) is 70.6 Å². The summed E-state index contributed by atoms with van der Waals surface area (Å²) in [5.74, 6) is 0.664. The van der Waals surface area contributed by atoms with Gasteiger partial charge in [-0.25, -0.2) is 4.98 Å². The number of hydrogen-bond acceptors (Lipinski definition) is 2. The van der Waals surface area contributed by atoms with Gasteiger partial charge in [-0.2, -0.15) is 0 Å². The van der Waals surface area contributed by atoms with Gasteiger partial charge in [0.2, 0.25) is 0 Å². The van der Waals surface area contributed by atoms with Gasteiger partial charge in [-0.3, -0.25) is 4.90 Å². The smallest absolute Gasteiger partial charge is 0.141 e. The second-order valence-electron chi connectivity index (χ2n) is 5.63. The Bertz CT molecular complexity index is 757. The van der Waals surface area contributed by atoms with Crippen LogP contribution in [0.1, 0.15) is 17.0 Å². The van der Waals surface area contributed by atoms with E-state index in [2.05, 4.69) is 66.6 Å². The normalized spacial score (nSPS) is 16.2. The average Bonchev–Trinajstić information content (AvgIpc) is 2.93. The lowest BCUT2D eigenvalue weighted by molar-refractivity contribution is 0.140. The molecule has 0 radical (unpaired) electrons. The summed E-state index contributed by atoms with van der Waals surface area (Å²) in [6.45, 7) is 3.24. The van der Waals surface area contributed by atoms with E-state index in [1.807, 2.05) is 18.6 Å². The van der Waals surface area contributed by atoms with Crippen molar-refractivity contribution in [3.63, 3.8) is 0 Å². The Morgan fingerprint density at radius 2 is 1.90 bits per heavy atom. The van der Waals surface area contributed by atoms with Crippen LogP contribution in [0.3, 0.4) is 0 Å². The fourth-order valence-corrected chi connectivity index (χ4v) is 3.28. The summed E-state index contributed by atoms with van der Waals surface area (Å²) in [6.07, 6.45) is 5.91. The lowest BCUT2D eigenvalue weighted by Crippen LogP contribution is -2.44. The maximum atomic E-state index is 4.45. The Hall–Kier alpha value is -1.65. The third-order valence-electron chi connectivity index (χ3n) is 4.19. The van der Waals surface area contributed by atoms with Crippen molar-refractivity contribution in [2.75, 3.05) is 13.1 Å². The maximum absolute atomic E-state index is 4.45. The van der Waals surface area contributed by atoms with Crippen molar-refractivity contribution in [1.82, 2.24) is 14.3 Å². The molecular formula is C17H16BrN3. The minimum absolute atomic E-state index is 0.664. The van der Waals surface area contributed by atoms with Gasteiger partial charge in [0, 0.05) is 54.2 Å². The van der Waals surface area contributed by atoms with E-state index in [0.29, 0.717) is 5.92 Å². The number of nitrogens with zero attached hydrogens (tertiary/aromatic N) is 3. The number of likely N-dealkylation sites (tertiary alicyclic amines) is 1. The Morgan fingerprint density at radius 3 is 2.71 bits per heavy atom. The van der Waals surface area contributed by atoms with E-state index >= 15 is 0 Å². The fraction of sp³-hybridized carbons (Fsp3) is 0.235. The second kappa shape index (κ2) is 5.28. The van der Waals surface area contributed by atoms with Crippen LogP contribution in [-0.2, 0) is 6.54 Å². The molecule has 3 nitrogen and oxygen atoms in total. The Morgan fingerprint density at radius 1 is 1.10 bits per heavy atom. The van der Waals surface area contributed by atoms with Crippen molar-refractivity contribution < 1.29 is 0 Å². The third kappa shape index (κ3) is 2.49. The highest BCUT2D eigenvalue weighted by atomic mass is 79.9. The molecule has 0 atom stereocenters. The third-order valence-corrected chi connectivity index (χ3v) is 4.72. The molecular weight excluding hydrogens is 326 g/mol. The van der Waals surface area contributed by atoms with E-state index < -0.39 is 0 Å². The topological polar surface area (TPSA) is 20.5 Å². The molecule has 3 heterocycles. The molecule has 2 aromatic heterocycles. The number of benzene rings is 1. The SMILES string of the molecule is Brc1ccc(C2CN(Cc3cccn4ccnc34)C2)cc1. The van der Waals surface area contributed by atoms with Crippen LogP contribution in [0.5, 0.6) is 0 Å². The second-order valence-corrected chi connectivity index (χ2v) is 6.55. The van der Waals surface area contributed by atoms with Crippen molar-refractivity contribution in [2.45, 2.75) is 12.5 Å². The summed E-state index contributed by atoms with van der Waals surface area (Å²) in [4.78, 5) is 6.93. The summed E-state index contributed by atoms with van der Waals surface area (Å²) >= 11 is 3.49. The van der Waals surface area contributed by atoms with Gasteiger partial charge in [0.1, 0.15) is 5.65 Å². The largest absolute Gasteiger partial charge is 0.307 e. The first-order valence-corrected chi connectivity index (χ1v) is 7.97. The molecule has 106 valence electrons. The number of halogens is 1. The fourth-order valence-electron chi connectivity index (χ4n) is 3.02. The number of aromatic nitrogens is 2. The van der Waals surface area contributed by atoms with Crippen LogP contribution in [-0.4, -0.2) is 27.4 Å². The summed E-state index contributed by atoms with van der Waals surface area (Å²) in [7, 11) is 0. The molecule has 0 spiro atoms. The maximum Gasteiger partial charge on any atom is 0.141 e. The zero-order valence-corrected chi connectivity index (χ0v) is 13.2. The van der Waals surface area contributed by atoms with E-state index in [4.69, 9.17) is 0 Å². The highest BCUT2D eigenvalue weighted by molar-refractivity contribution is 9.10. The highest BCUT2D eigenvalue weighted by Gasteiger charge is 2.28. The van der Waals surface area contributed by atoms with Crippen molar-refractivity contribution in [2.24, 2.45) is 0 Å². The highest BCUT2D eigenvalue weighted by Crippen LogP contribution is 2.29. The van der Waals surface area contributed by atoms with Crippen molar-refractivity contribution in [1.29, 1.82) is 0 Å². The van der Waals surface area contributed by atoms with Crippen LogP contribution in [0.4, 0.5) is 0 Å². The van der Waals surface area contributed by atoms with Gasteiger partial charge >= 0.3 is 0 Å². The number of imidazole rings is 1. The molecule has 21 heavy (non-hydrogen) atoms. The zero-order chi connectivity index (χ0) is 14.2. The van der Waals surface area contributed by atoms with E-state index in [-0.39, 0.29) is 0 Å². The minimum atomic E-state index is 0.664. The van der Waals surface area contributed by atoms with Gasteiger partial charge in [-0.15, -0.1) is 0 Å². The first-order valence-electron chi connectivity index (χ1n) is 7.18. The molecule has 0 amide bonds. The van der Waals surface area contributed by atoms with E-state index in [1.54, 1.807) is 0 Å². The zero-order valence-electron chi connectivity index (χ0n) is 11.6. The van der Waals surface area contributed by atoms with Crippen LogP contribution in [0.25, 0.3) is 5.65 Å². The Labute approximate surface area is 132 Å². The van der Waals surface area contributed by atoms with Gasteiger partial charge in [0.25, 0.3) is 0 Å². The van der Waals surface area contributed by atoms with Crippen LogP contribution in [0.15, 0.2) is 59.5 Å². The van der Waals surface area contributed by atoms with Crippen LogP contribution >= 0.6 is 15.9 Å². The molecule has 0 unspecified atom stereocenters. The first kappa shape index (κ1) is 13.0. The predicted molar refractivity (Wildman–Crippen MR) is 87.4 cm³/mol. The molecule has 0 bridgehead atoms. The minimum Gasteiger partial charge on any atom is -0.307 e. The molecule has 0 aliphatic carbocycles. The standard InChI is InChI=1S/C17H16BrN3/c18-16-5-3-13(4-6-16)15-11-20(12-15)10-14-2-1-8-21-9-7-19-17(14)21/h1-9,15H,10-12H2. The number of rotatable bonds is 3. The average molecular weight is 342 g/mol. The number of fused-ring (bicyclic) bond motifs is 1. The molecule has 4 heteroatoms. The molecule has 4 rings (SSSR count). The molecule has 1 aliphatic rings. The van der Waals surface area contributed by atoms with Gasteiger partial charge in [0.15, 0.2) is 0 Å². The summed E-state index contributed by atoms with van der Waals surface area (Å²) in [6, 6.07) is 13.0.